The number of nitrogens with zero attached hydrogens (tertiary/aromatic N) is 3. The van der Waals surface area contributed by atoms with Crippen LogP contribution in [0.25, 0.3) is 11.0 Å². The number of hydrogen-bond donors (Lipinski definition) is 3. The zero-order valence-corrected chi connectivity index (χ0v) is 20.0. The van der Waals surface area contributed by atoms with Gasteiger partial charge in [0.25, 0.3) is 0 Å². The average Bonchev–Trinajstić information content (AvgIpc) is 3.34. The molecule has 0 bridgehead atoms. The molecule has 0 saturated carbocycles. The van der Waals surface area contributed by atoms with E-state index in [9.17, 15) is 13.5 Å². The van der Waals surface area contributed by atoms with Gasteiger partial charge in [-0.05, 0) is 42.5 Å². The molecule has 1 aromatic carbocycles. The molecule has 0 fully saturated rings. The normalized spacial score (nSPS) is 17.9. The van der Waals surface area contributed by atoms with Crippen LogP contribution in [-0.4, -0.2) is 40.8 Å². The van der Waals surface area contributed by atoms with Crippen LogP contribution in [0, 0.1) is 5.92 Å². The Balaban J connectivity index is 1.52. The second-order valence-electron chi connectivity index (χ2n) is 7.98. The van der Waals surface area contributed by atoms with Crippen LogP contribution >= 0.6 is 15.9 Å². The van der Waals surface area contributed by atoms with Gasteiger partial charge in [0, 0.05) is 16.6 Å². The molecule has 0 spiro atoms. The van der Waals surface area contributed by atoms with E-state index in [2.05, 4.69) is 47.5 Å². The molecule has 3 aromatic rings. The Morgan fingerprint density at radius 3 is 2.94 bits per heavy atom. The van der Waals surface area contributed by atoms with Crippen molar-refractivity contribution in [1.82, 2.24) is 14.5 Å². The third-order valence-corrected chi connectivity index (χ3v) is 7.19. The summed E-state index contributed by atoms with van der Waals surface area (Å²) >= 11 is 3.64. The number of aliphatic hydroxyl groups is 1. The van der Waals surface area contributed by atoms with Gasteiger partial charge < -0.3 is 15.0 Å². The fraction of sp³-hybridized carbons (Fsp3) is 0.429. The predicted octanol–water partition coefficient (Wildman–Crippen LogP) is 2.90. The van der Waals surface area contributed by atoms with Crippen LogP contribution in [0.5, 0.6) is 0 Å². The van der Waals surface area contributed by atoms with Crippen molar-refractivity contribution >= 4 is 43.1 Å². The van der Waals surface area contributed by atoms with Crippen molar-refractivity contribution in [3.63, 3.8) is 0 Å². The van der Waals surface area contributed by atoms with Gasteiger partial charge in [0.1, 0.15) is 17.8 Å². The molecule has 0 saturated heterocycles. The molecular formula is C21H26BrN5O4S. The summed E-state index contributed by atoms with van der Waals surface area (Å²) in [5.74, 6) is 0.351. The van der Waals surface area contributed by atoms with E-state index in [1.807, 2.05) is 29.8 Å². The maximum atomic E-state index is 11.1. The lowest BCUT2D eigenvalue weighted by molar-refractivity contribution is 0.0616. The first-order valence-corrected chi connectivity index (χ1v) is 12.7. The van der Waals surface area contributed by atoms with Gasteiger partial charge in [-0.25, -0.2) is 15.1 Å². The van der Waals surface area contributed by atoms with Crippen LogP contribution in [-0.2, 0) is 27.5 Å². The van der Waals surface area contributed by atoms with Crippen LogP contribution in [0.15, 0.2) is 41.3 Å². The number of hydrogen-bond acceptors (Lipinski definition) is 7. The minimum Gasteiger partial charge on any atom is -0.391 e. The summed E-state index contributed by atoms with van der Waals surface area (Å²) in [5, 5.41) is 20.0. The second kappa shape index (κ2) is 9.44. The Bertz CT molecular complexity index is 1220. The topological polar surface area (TPSA) is 132 Å². The number of benzene rings is 1. The Morgan fingerprint density at radius 2 is 2.19 bits per heavy atom. The molecule has 4 rings (SSSR count). The molecule has 0 amide bonds. The molecule has 3 atom stereocenters. The Morgan fingerprint density at radius 1 is 1.38 bits per heavy atom. The van der Waals surface area contributed by atoms with Crippen LogP contribution in [0.3, 0.4) is 0 Å². The first kappa shape index (κ1) is 23.1. The monoisotopic (exact) mass is 523 g/mol. The van der Waals surface area contributed by atoms with E-state index in [1.54, 1.807) is 0 Å². The Kier molecular flexibility index (Phi) is 6.82. The van der Waals surface area contributed by atoms with Crippen molar-refractivity contribution in [2.75, 3.05) is 11.9 Å². The van der Waals surface area contributed by atoms with Crippen molar-refractivity contribution in [3.05, 3.63) is 52.4 Å². The minimum absolute atomic E-state index is 0.161. The Hall–Kier alpha value is -2.05. The van der Waals surface area contributed by atoms with Crippen LogP contribution in [0.4, 0.5) is 5.82 Å². The molecule has 0 radical (unpaired) electrons. The van der Waals surface area contributed by atoms with Gasteiger partial charge in [0.05, 0.1) is 30.7 Å². The molecule has 11 heteroatoms. The van der Waals surface area contributed by atoms with Crippen molar-refractivity contribution in [2.45, 2.75) is 44.9 Å². The third-order valence-electron chi connectivity index (χ3n) is 5.98. The average molecular weight is 524 g/mol. The van der Waals surface area contributed by atoms with Crippen molar-refractivity contribution in [2.24, 2.45) is 11.1 Å². The highest BCUT2D eigenvalue weighted by Crippen LogP contribution is 2.38. The van der Waals surface area contributed by atoms with Crippen molar-refractivity contribution in [3.8, 4) is 0 Å². The van der Waals surface area contributed by atoms with Gasteiger partial charge in [0.2, 0.25) is 0 Å². The number of anilines is 1. The van der Waals surface area contributed by atoms with E-state index in [4.69, 9.17) is 5.14 Å². The van der Waals surface area contributed by atoms with Crippen molar-refractivity contribution < 1.29 is 17.7 Å². The molecule has 32 heavy (non-hydrogen) atoms. The quantitative estimate of drug-likeness (QED) is 0.392. The van der Waals surface area contributed by atoms with Crippen molar-refractivity contribution in [1.29, 1.82) is 0 Å². The minimum atomic E-state index is -4.05. The van der Waals surface area contributed by atoms with E-state index < -0.39 is 22.3 Å². The van der Waals surface area contributed by atoms with Gasteiger partial charge in [-0.3, -0.25) is 4.18 Å². The molecule has 172 valence electrons. The molecule has 0 aliphatic heterocycles. The number of aliphatic hydroxyl groups excluding tert-OH is 1. The number of nitrogens with one attached hydrogen (secondary N) is 1. The zero-order chi connectivity index (χ0) is 22.9. The summed E-state index contributed by atoms with van der Waals surface area (Å²) in [6.45, 7) is 1.93. The lowest BCUT2D eigenvalue weighted by Gasteiger charge is -2.21. The molecule has 0 unspecified atom stereocenters. The number of rotatable bonds is 9. The fourth-order valence-electron chi connectivity index (χ4n) is 4.22. The molecule has 2 heterocycles. The largest absolute Gasteiger partial charge is 0.391 e. The molecule has 1 aliphatic carbocycles. The van der Waals surface area contributed by atoms with Crippen LogP contribution < -0.4 is 10.5 Å². The van der Waals surface area contributed by atoms with Gasteiger partial charge in [-0.1, -0.05) is 35.0 Å². The summed E-state index contributed by atoms with van der Waals surface area (Å²) in [7, 11) is -4.05. The van der Waals surface area contributed by atoms with E-state index in [0.29, 0.717) is 12.1 Å². The number of aromatic nitrogens is 3. The highest BCUT2D eigenvalue weighted by Gasteiger charge is 2.26. The number of halogens is 1. The molecule has 9 nitrogen and oxygen atoms in total. The molecular weight excluding hydrogens is 498 g/mol. The number of fused-ring (bicyclic) bond motifs is 2. The summed E-state index contributed by atoms with van der Waals surface area (Å²) in [4.78, 5) is 8.86. The van der Waals surface area contributed by atoms with Gasteiger partial charge in [-0.2, -0.15) is 8.42 Å². The third kappa shape index (κ3) is 4.96. The first-order chi connectivity index (χ1) is 15.3. The molecule has 1 aliphatic rings. The summed E-state index contributed by atoms with van der Waals surface area (Å²) < 4.78 is 29.8. The predicted molar refractivity (Wildman–Crippen MR) is 125 cm³/mol. The first-order valence-electron chi connectivity index (χ1n) is 10.5. The highest BCUT2D eigenvalue weighted by molar-refractivity contribution is 9.10. The fourth-order valence-corrected chi connectivity index (χ4v) is 5.17. The lowest BCUT2D eigenvalue weighted by Crippen LogP contribution is -2.31. The zero-order valence-electron chi connectivity index (χ0n) is 17.6. The lowest BCUT2D eigenvalue weighted by atomic mass is 10.0. The van der Waals surface area contributed by atoms with Gasteiger partial charge in [0.15, 0.2) is 0 Å². The maximum Gasteiger partial charge on any atom is 0.333 e. The Labute approximate surface area is 195 Å². The van der Waals surface area contributed by atoms with Gasteiger partial charge >= 0.3 is 10.3 Å². The summed E-state index contributed by atoms with van der Waals surface area (Å²) in [6.07, 6.45) is 5.03. The van der Waals surface area contributed by atoms with Crippen LogP contribution in [0.1, 0.15) is 36.9 Å². The van der Waals surface area contributed by atoms with Gasteiger partial charge in [-0.15, -0.1) is 0 Å². The molecule has 4 N–H and O–H groups in total. The van der Waals surface area contributed by atoms with E-state index in [-0.39, 0.29) is 19.2 Å². The van der Waals surface area contributed by atoms with Crippen LogP contribution in [0.2, 0.25) is 0 Å². The summed E-state index contributed by atoms with van der Waals surface area (Å²) in [6, 6.07) is 8.32. The highest BCUT2D eigenvalue weighted by atomic mass is 79.9. The van der Waals surface area contributed by atoms with E-state index in [0.717, 1.165) is 28.5 Å². The SMILES string of the molecule is CC[C@@H](COS(N)(=O)=O)[C@@H](O)Cn1ccc2c(N[C@H]3CCc4c(Br)cccc43)ncnc21. The molecule has 2 aromatic heterocycles. The summed E-state index contributed by atoms with van der Waals surface area (Å²) in [5.41, 5.74) is 3.28. The second-order valence-corrected chi connectivity index (χ2v) is 10.1. The smallest absolute Gasteiger partial charge is 0.333 e. The standard InChI is InChI=1S/C21H26BrN5O4S/c1-2-13(11-31-32(23,29)30)19(28)10-27-9-8-16-20(24-12-25-21(16)27)26-18-7-6-14-15(18)4-3-5-17(14)22/h3-5,8-9,12-13,18-19,28H,2,6-7,10-11H2,1H3,(H2,23,29,30)(H,24,25,26)/t13-,18-,19-/m0/s1. The van der Waals surface area contributed by atoms with E-state index in [1.165, 1.54) is 17.5 Å². The maximum absolute atomic E-state index is 11.1. The van der Waals surface area contributed by atoms with E-state index >= 15 is 0 Å². The number of nitrogens with two attached hydrogens (primary N) is 1.